The molecule has 0 amide bonds. The van der Waals surface area contributed by atoms with E-state index in [0.29, 0.717) is 22.3 Å². The highest BCUT2D eigenvalue weighted by molar-refractivity contribution is 7.16. The van der Waals surface area contributed by atoms with E-state index >= 15 is 0 Å². The van der Waals surface area contributed by atoms with Gasteiger partial charge in [-0.25, -0.2) is 0 Å². The van der Waals surface area contributed by atoms with Gasteiger partial charge < -0.3 is 10.3 Å². The molecule has 2 aromatic heterocycles. The van der Waals surface area contributed by atoms with Gasteiger partial charge in [0, 0.05) is 34.2 Å². The van der Waals surface area contributed by atoms with Gasteiger partial charge >= 0.3 is 0 Å². The molecule has 2 aromatic carbocycles. The Labute approximate surface area is 165 Å². The smallest absolute Gasteiger partial charge is 0.203 e. The molecule has 2 N–H and O–H groups in total. The fraction of sp³-hybridized carbons (Fsp3) is 0.0500. The monoisotopic (exact) mass is 391 g/mol. The van der Waals surface area contributed by atoms with Crippen LogP contribution in [0, 0.1) is 11.3 Å². The summed E-state index contributed by atoms with van der Waals surface area (Å²) in [6.07, 6.45) is 3.88. The van der Waals surface area contributed by atoms with E-state index < -0.39 is 0 Å². The number of aromatic nitrogens is 3. The predicted octanol–water partition coefficient (Wildman–Crippen LogP) is 4.84. The molecule has 4 rings (SSSR count). The van der Waals surface area contributed by atoms with Crippen LogP contribution in [0.25, 0.3) is 22.6 Å². The number of rotatable bonds is 4. The predicted molar refractivity (Wildman–Crippen MR) is 110 cm³/mol. The van der Waals surface area contributed by atoms with E-state index in [2.05, 4.69) is 26.9 Å². The van der Waals surface area contributed by atoms with Crippen molar-refractivity contribution in [1.29, 1.82) is 5.26 Å². The highest BCUT2D eigenvalue weighted by Gasteiger charge is 2.11. The lowest BCUT2D eigenvalue weighted by atomic mass is 10.1. The van der Waals surface area contributed by atoms with Crippen LogP contribution in [0.2, 0.25) is 5.02 Å². The molecule has 7 heteroatoms. The van der Waals surface area contributed by atoms with Crippen LogP contribution in [-0.4, -0.2) is 14.8 Å². The molecule has 0 spiro atoms. The highest BCUT2D eigenvalue weighted by Crippen LogP contribution is 2.28. The second kappa shape index (κ2) is 7.23. The summed E-state index contributed by atoms with van der Waals surface area (Å²) in [5, 5.41) is 20.0. The Hall–Kier alpha value is -3.14. The summed E-state index contributed by atoms with van der Waals surface area (Å²) in [6, 6.07) is 18.1. The van der Waals surface area contributed by atoms with Crippen LogP contribution >= 0.6 is 22.9 Å². The van der Waals surface area contributed by atoms with Gasteiger partial charge in [0.05, 0.1) is 5.57 Å². The van der Waals surface area contributed by atoms with Gasteiger partial charge in [-0.2, -0.15) is 5.26 Å². The number of benzene rings is 2. The summed E-state index contributed by atoms with van der Waals surface area (Å²) < 4.78 is 2.16. The van der Waals surface area contributed by atoms with E-state index in [-0.39, 0.29) is 0 Å². The Morgan fingerprint density at radius 2 is 1.96 bits per heavy atom. The second-order valence-electron chi connectivity index (χ2n) is 5.97. The minimum Gasteiger partial charge on any atom is -0.374 e. The SMILES string of the molecule is N#C/C(=C\c1cn(Cc2ccc(Cl)cc2)c2ccccc12)c1nnc(N)s1. The van der Waals surface area contributed by atoms with Gasteiger partial charge in [0.25, 0.3) is 0 Å². The Bertz CT molecular complexity index is 1180. The number of anilines is 1. The van der Waals surface area contributed by atoms with Gasteiger partial charge in [0.1, 0.15) is 6.07 Å². The molecule has 132 valence electrons. The average Bonchev–Trinajstić information content (AvgIpc) is 3.26. The van der Waals surface area contributed by atoms with Crippen LogP contribution in [0.4, 0.5) is 5.13 Å². The van der Waals surface area contributed by atoms with Gasteiger partial charge in [0.15, 0.2) is 5.01 Å². The number of nitrogen functional groups attached to an aromatic ring is 1. The summed E-state index contributed by atoms with van der Waals surface area (Å²) in [5.74, 6) is 0. The van der Waals surface area contributed by atoms with Crippen LogP contribution < -0.4 is 5.73 Å². The Morgan fingerprint density at radius 3 is 2.67 bits per heavy atom. The number of hydrogen-bond acceptors (Lipinski definition) is 5. The Balaban J connectivity index is 1.79. The first-order valence-electron chi connectivity index (χ1n) is 8.17. The summed E-state index contributed by atoms with van der Waals surface area (Å²) >= 11 is 7.18. The lowest BCUT2D eigenvalue weighted by Crippen LogP contribution is -1.97. The molecule has 0 bridgehead atoms. The number of nitriles is 1. The normalized spacial score (nSPS) is 11.6. The van der Waals surface area contributed by atoms with Gasteiger partial charge in [-0.15, -0.1) is 10.2 Å². The van der Waals surface area contributed by atoms with E-state index in [1.165, 1.54) is 11.3 Å². The first-order chi connectivity index (χ1) is 13.1. The quantitative estimate of drug-likeness (QED) is 0.504. The fourth-order valence-electron chi connectivity index (χ4n) is 2.95. The lowest BCUT2D eigenvalue weighted by Gasteiger charge is -2.05. The van der Waals surface area contributed by atoms with Crippen LogP contribution in [0.5, 0.6) is 0 Å². The molecule has 27 heavy (non-hydrogen) atoms. The third-order valence-corrected chi connectivity index (χ3v) is 5.21. The Morgan fingerprint density at radius 1 is 1.19 bits per heavy atom. The van der Waals surface area contributed by atoms with E-state index in [1.54, 1.807) is 0 Å². The van der Waals surface area contributed by atoms with Crippen molar-refractivity contribution in [2.45, 2.75) is 6.54 Å². The molecule has 0 radical (unpaired) electrons. The zero-order valence-corrected chi connectivity index (χ0v) is 15.7. The van der Waals surface area contributed by atoms with E-state index in [1.807, 2.05) is 54.7 Å². The molecule has 0 saturated heterocycles. The third-order valence-electron chi connectivity index (χ3n) is 4.18. The first kappa shape index (κ1) is 17.3. The van der Waals surface area contributed by atoms with Crippen molar-refractivity contribution in [3.05, 3.63) is 75.9 Å². The van der Waals surface area contributed by atoms with Crippen molar-refractivity contribution >= 4 is 50.6 Å². The number of allylic oxidation sites excluding steroid dienone is 1. The largest absolute Gasteiger partial charge is 0.374 e. The summed E-state index contributed by atoms with van der Waals surface area (Å²) in [4.78, 5) is 0. The minimum absolute atomic E-state index is 0.344. The maximum Gasteiger partial charge on any atom is 0.203 e. The minimum atomic E-state index is 0.344. The number of nitrogens with two attached hydrogens (primary N) is 1. The molecule has 0 fully saturated rings. The van der Waals surface area contributed by atoms with Gasteiger partial charge in [-0.05, 0) is 29.8 Å². The molecule has 0 saturated carbocycles. The zero-order valence-electron chi connectivity index (χ0n) is 14.1. The van der Waals surface area contributed by atoms with Crippen molar-refractivity contribution in [3.63, 3.8) is 0 Å². The summed E-state index contributed by atoms with van der Waals surface area (Å²) in [5.41, 5.74) is 9.28. The molecule has 0 atom stereocenters. The fourth-order valence-corrected chi connectivity index (χ4v) is 3.65. The van der Waals surface area contributed by atoms with Crippen LogP contribution in [-0.2, 0) is 6.54 Å². The van der Waals surface area contributed by atoms with Crippen LogP contribution in [0.3, 0.4) is 0 Å². The standard InChI is InChI=1S/C20H14ClN5S/c21-16-7-5-13(6-8-16)11-26-12-15(17-3-1-2-4-18(17)26)9-14(10-22)19-24-25-20(23)27-19/h1-9,12H,11H2,(H2,23,25)/b14-9+. The van der Waals surface area contributed by atoms with Crippen molar-refractivity contribution in [2.75, 3.05) is 5.73 Å². The zero-order chi connectivity index (χ0) is 18.8. The van der Waals surface area contributed by atoms with Gasteiger partial charge in [-0.1, -0.05) is 53.3 Å². The summed E-state index contributed by atoms with van der Waals surface area (Å²) in [6.45, 7) is 0.708. The average molecular weight is 392 g/mol. The molecule has 0 aliphatic heterocycles. The molecule has 4 aromatic rings. The topological polar surface area (TPSA) is 80.5 Å². The van der Waals surface area contributed by atoms with E-state index in [4.69, 9.17) is 17.3 Å². The van der Waals surface area contributed by atoms with Crippen LogP contribution in [0.15, 0.2) is 54.7 Å². The van der Waals surface area contributed by atoms with Gasteiger partial charge in [-0.3, -0.25) is 0 Å². The second-order valence-corrected chi connectivity index (χ2v) is 7.42. The number of halogens is 1. The van der Waals surface area contributed by atoms with E-state index in [9.17, 15) is 5.26 Å². The first-order valence-corrected chi connectivity index (χ1v) is 9.37. The molecule has 0 aliphatic carbocycles. The molecule has 0 unspecified atom stereocenters. The number of para-hydroxylation sites is 1. The number of hydrogen-bond donors (Lipinski definition) is 1. The van der Waals surface area contributed by atoms with Crippen molar-refractivity contribution in [2.24, 2.45) is 0 Å². The number of fused-ring (bicyclic) bond motifs is 1. The lowest BCUT2D eigenvalue weighted by molar-refractivity contribution is 0.836. The van der Waals surface area contributed by atoms with E-state index in [0.717, 1.165) is 27.1 Å². The van der Waals surface area contributed by atoms with Crippen molar-refractivity contribution < 1.29 is 0 Å². The maximum atomic E-state index is 9.55. The van der Waals surface area contributed by atoms with Crippen molar-refractivity contribution in [3.8, 4) is 6.07 Å². The maximum absolute atomic E-state index is 9.55. The van der Waals surface area contributed by atoms with Gasteiger partial charge in [0.2, 0.25) is 5.13 Å². The number of nitrogens with zero attached hydrogens (tertiary/aromatic N) is 4. The summed E-state index contributed by atoms with van der Waals surface area (Å²) in [7, 11) is 0. The highest BCUT2D eigenvalue weighted by atomic mass is 35.5. The third kappa shape index (κ3) is 3.56. The van der Waals surface area contributed by atoms with Crippen molar-refractivity contribution in [1.82, 2.24) is 14.8 Å². The Kier molecular flexibility index (Phi) is 4.63. The molecule has 5 nitrogen and oxygen atoms in total. The molecular formula is C20H14ClN5S. The molecule has 0 aliphatic rings. The molecular weight excluding hydrogens is 378 g/mol. The van der Waals surface area contributed by atoms with Crippen LogP contribution in [0.1, 0.15) is 16.1 Å². The molecule has 2 heterocycles.